The van der Waals surface area contributed by atoms with Crippen LogP contribution in [-0.4, -0.2) is 53.0 Å². The van der Waals surface area contributed by atoms with Gasteiger partial charge in [0.15, 0.2) is 6.61 Å². The Morgan fingerprint density at radius 3 is 2.47 bits per heavy atom. The molecular weight excluding hydrogens is 398 g/mol. The molecule has 0 saturated heterocycles. The van der Waals surface area contributed by atoms with E-state index < -0.39 is 0 Å². The average Bonchev–Trinajstić information content (AvgIpc) is 2.74. The number of amides is 1. The molecule has 2 aromatic rings. The number of hydrogen-bond donors (Lipinski definition) is 0. The third kappa shape index (κ3) is 7.96. The fourth-order valence-electron chi connectivity index (χ4n) is 3.42. The Balaban J connectivity index is 2.03. The third-order valence-corrected chi connectivity index (χ3v) is 5.55. The molecule has 1 unspecified atom stereocenters. The van der Waals surface area contributed by atoms with Crippen molar-refractivity contribution in [3.05, 3.63) is 58.9 Å². The van der Waals surface area contributed by atoms with Crippen molar-refractivity contribution in [2.24, 2.45) is 0 Å². The van der Waals surface area contributed by atoms with Gasteiger partial charge in [-0.2, -0.15) is 0 Å². The SMILES string of the molecule is CCN(CC)CCCC(C)N(Cc1cccc(C)n1)C(=O)COc1ccc(Cl)cc1. The summed E-state index contributed by atoms with van der Waals surface area (Å²) in [4.78, 5) is 21.9. The second-order valence-electron chi connectivity index (χ2n) is 7.55. The lowest BCUT2D eigenvalue weighted by molar-refractivity contribution is -0.136. The highest BCUT2D eigenvalue weighted by Crippen LogP contribution is 2.17. The van der Waals surface area contributed by atoms with Crippen LogP contribution in [0.2, 0.25) is 5.02 Å². The summed E-state index contributed by atoms with van der Waals surface area (Å²) in [7, 11) is 0. The van der Waals surface area contributed by atoms with E-state index in [9.17, 15) is 4.79 Å². The monoisotopic (exact) mass is 431 g/mol. The summed E-state index contributed by atoms with van der Waals surface area (Å²) in [6, 6.07) is 13.1. The van der Waals surface area contributed by atoms with Crippen LogP contribution in [0.15, 0.2) is 42.5 Å². The Bertz CT molecular complexity index is 778. The molecule has 0 spiro atoms. The van der Waals surface area contributed by atoms with Gasteiger partial charge in [0.1, 0.15) is 5.75 Å². The van der Waals surface area contributed by atoms with Gasteiger partial charge in [0.2, 0.25) is 0 Å². The Hall–Kier alpha value is -2.11. The van der Waals surface area contributed by atoms with E-state index in [2.05, 4.69) is 30.7 Å². The number of nitrogens with zero attached hydrogens (tertiary/aromatic N) is 3. The molecule has 164 valence electrons. The first-order valence-corrected chi connectivity index (χ1v) is 11.1. The molecule has 0 aliphatic rings. The van der Waals surface area contributed by atoms with Crippen molar-refractivity contribution in [1.29, 1.82) is 0 Å². The van der Waals surface area contributed by atoms with Gasteiger partial charge in [-0.05, 0) is 82.7 Å². The molecule has 0 radical (unpaired) electrons. The maximum atomic E-state index is 13.1. The fourth-order valence-corrected chi connectivity index (χ4v) is 3.54. The molecule has 1 aromatic carbocycles. The lowest BCUT2D eigenvalue weighted by atomic mass is 10.1. The minimum Gasteiger partial charge on any atom is -0.484 e. The van der Waals surface area contributed by atoms with Crippen LogP contribution < -0.4 is 4.74 Å². The molecule has 2 rings (SSSR count). The van der Waals surface area contributed by atoms with Gasteiger partial charge in [0.25, 0.3) is 5.91 Å². The summed E-state index contributed by atoms with van der Waals surface area (Å²) in [6.07, 6.45) is 1.99. The zero-order chi connectivity index (χ0) is 21.9. The quantitative estimate of drug-likeness (QED) is 0.476. The van der Waals surface area contributed by atoms with Crippen LogP contribution in [0.25, 0.3) is 0 Å². The molecule has 1 atom stereocenters. The van der Waals surface area contributed by atoms with E-state index in [0.717, 1.165) is 43.9 Å². The van der Waals surface area contributed by atoms with E-state index in [1.54, 1.807) is 24.3 Å². The predicted molar refractivity (Wildman–Crippen MR) is 123 cm³/mol. The van der Waals surface area contributed by atoms with Crippen LogP contribution in [0.4, 0.5) is 0 Å². The van der Waals surface area contributed by atoms with Crippen molar-refractivity contribution in [2.75, 3.05) is 26.2 Å². The smallest absolute Gasteiger partial charge is 0.261 e. The number of rotatable bonds is 12. The second-order valence-corrected chi connectivity index (χ2v) is 7.99. The molecule has 0 saturated carbocycles. The number of hydrogen-bond acceptors (Lipinski definition) is 4. The third-order valence-electron chi connectivity index (χ3n) is 5.30. The summed E-state index contributed by atoms with van der Waals surface area (Å²) in [6.45, 7) is 12.1. The Morgan fingerprint density at radius 2 is 1.83 bits per heavy atom. The normalized spacial score (nSPS) is 12.1. The standard InChI is InChI=1S/C24H34ClN3O2/c1-5-27(6-2)16-8-10-20(4)28(17-22-11-7-9-19(3)26-22)24(29)18-30-23-14-12-21(25)13-15-23/h7,9,11-15,20H,5-6,8,10,16-18H2,1-4H3. The van der Waals surface area contributed by atoms with Crippen LogP contribution >= 0.6 is 11.6 Å². The molecule has 30 heavy (non-hydrogen) atoms. The number of benzene rings is 1. The highest BCUT2D eigenvalue weighted by molar-refractivity contribution is 6.30. The fraction of sp³-hybridized carbons (Fsp3) is 0.500. The van der Waals surface area contributed by atoms with E-state index in [1.165, 1.54) is 0 Å². The molecule has 1 heterocycles. The maximum absolute atomic E-state index is 13.1. The minimum absolute atomic E-state index is 0.00612. The predicted octanol–water partition coefficient (Wildman–Crippen LogP) is 4.96. The van der Waals surface area contributed by atoms with Gasteiger partial charge in [-0.25, -0.2) is 0 Å². The molecule has 0 fully saturated rings. The maximum Gasteiger partial charge on any atom is 0.261 e. The van der Waals surface area contributed by atoms with Crippen molar-refractivity contribution in [2.45, 2.75) is 53.1 Å². The van der Waals surface area contributed by atoms with Gasteiger partial charge >= 0.3 is 0 Å². The van der Waals surface area contributed by atoms with Crippen LogP contribution in [0.3, 0.4) is 0 Å². The van der Waals surface area contributed by atoms with Gasteiger partial charge in [0, 0.05) is 16.8 Å². The van der Waals surface area contributed by atoms with Crippen molar-refractivity contribution in [1.82, 2.24) is 14.8 Å². The summed E-state index contributed by atoms with van der Waals surface area (Å²) in [5.74, 6) is 0.596. The highest BCUT2D eigenvalue weighted by atomic mass is 35.5. The molecule has 0 aliphatic heterocycles. The van der Waals surface area contributed by atoms with E-state index in [-0.39, 0.29) is 18.6 Å². The minimum atomic E-state index is -0.0383. The van der Waals surface area contributed by atoms with Crippen molar-refractivity contribution in [3.63, 3.8) is 0 Å². The average molecular weight is 432 g/mol. The molecular formula is C24H34ClN3O2. The zero-order valence-electron chi connectivity index (χ0n) is 18.6. The number of carbonyl (C=O) groups excluding carboxylic acids is 1. The van der Waals surface area contributed by atoms with E-state index >= 15 is 0 Å². The highest BCUT2D eigenvalue weighted by Gasteiger charge is 2.21. The molecule has 0 N–H and O–H groups in total. The van der Waals surface area contributed by atoms with E-state index in [1.807, 2.05) is 30.0 Å². The van der Waals surface area contributed by atoms with Crippen molar-refractivity contribution < 1.29 is 9.53 Å². The lowest BCUT2D eigenvalue weighted by Crippen LogP contribution is -2.41. The van der Waals surface area contributed by atoms with Crippen LogP contribution in [0, 0.1) is 6.92 Å². The molecule has 0 bridgehead atoms. The van der Waals surface area contributed by atoms with Gasteiger partial charge in [-0.1, -0.05) is 31.5 Å². The molecule has 1 amide bonds. The van der Waals surface area contributed by atoms with Gasteiger partial charge in [0.05, 0.1) is 12.2 Å². The zero-order valence-corrected chi connectivity index (χ0v) is 19.4. The van der Waals surface area contributed by atoms with E-state index in [0.29, 0.717) is 17.3 Å². The van der Waals surface area contributed by atoms with Gasteiger partial charge in [-0.3, -0.25) is 9.78 Å². The van der Waals surface area contributed by atoms with Gasteiger partial charge < -0.3 is 14.5 Å². The molecule has 1 aromatic heterocycles. The number of pyridine rings is 1. The Labute approximate surface area is 186 Å². The molecule has 5 nitrogen and oxygen atoms in total. The van der Waals surface area contributed by atoms with Crippen molar-refractivity contribution >= 4 is 17.5 Å². The van der Waals surface area contributed by atoms with E-state index in [4.69, 9.17) is 16.3 Å². The summed E-state index contributed by atoms with van der Waals surface area (Å²) in [5, 5.41) is 0.641. The second kappa shape index (κ2) is 12.6. The number of aromatic nitrogens is 1. The number of carbonyl (C=O) groups is 1. The summed E-state index contributed by atoms with van der Waals surface area (Å²) < 4.78 is 5.71. The molecule has 0 aliphatic carbocycles. The van der Waals surface area contributed by atoms with Crippen LogP contribution in [0.1, 0.15) is 45.0 Å². The first kappa shape index (κ1) is 24.2. The summed E-state index contributed by atoms with van der Waals surface area (Å²) in [5.41, 5.74) is 1.84. The summed E-state index contributed by atoms with van der Waals surface area (Å²) >= 11 is 5.92. The number of ether oxygens (including phenoxy) is 1. The van der Waals surface area contributed by atoms with Crippen LogP contribution in [0.5, 0.6) is 5.75 Å². The lowest BCUT2D eigenvalue weighted by Gasteiger charge is -2.30. The first-order valence-electron chi connectivity index (χ1n) is 10.8. The topological polar surface area (TPSA) is 45.7 Å². The van der Waals surface area contributed by atoms with Gasteiger partial charge in [-0.15, -0.1) is 0 Å². The van der Waals surface area contributed by atoms with Crippen molar-refractivity contribution in [3.8, 4) is 5.75 Å². The Kier molecular flexibility index (Phi) is 10.1. The number of halogens is 1. The molecule has 6 heteroatoms. The Morgan fingerprint density at radius 1 is 1.13 bits per heavy atom. The van der Waals surface area contributed by atoms with Crippen LogP contribution in [-0.2, 0) is 11.3 Å². The largest absolute Gasteiger partial charge is 0.484 e. The first-order chi connectivity index (χ1) is 14.4. The number of aryl methyl sites for hydroxylation is 1.